The zero-order valence-corrected chi connectivity index (χ0v) is 16.6. The lowest BCUT2D eigenvalue weighted by Gasteiger charge is -2.09. The standard InChI is InChI=1S/C12H12N2O3.C10H8ClNO/c1-8(7-13)11(15)14-10-6-4-2-3-5-9(10)12(16)17;11-10-8-3-2-7(12)5-6(8)1-4-9(10)13/h2-5,7,13H,1,6H2,(H,14,15)(H,16,17);1-5,13H,12H2. The number of aliphatic carboxylic acids is 1. The number of carboxylic acid groups (broad SMARTS) is 1. The van der Waals surface area contributed by atoms with Gasteiger partial charge in [-0.25, -0.2) is 4.79 Å². The molecule has 7 nitrogen and oxygen atoms in total. The number of benzene rings is 2. The largest absolute Gasteiger partial charge is 0.506 e. The monoisotopic (exact) mass is 425 g/mol. The quantitative estimate of drug-likeness (QED) is 0.287. The molecule has 0 spiro atoms. The molecule has 0 heterocycles. The third kappa shape index (κ3) is 5.59. The molecule has 0 saturated heterocycles. The van der Waals surface area contributed by atoms with E-state index in [9.17, 15) is 14.7 Å². The number of carbonyl (C=O) groups excluding carboxylic acids is 1. The summed E-state index contributed by atoms with van der Waals surface area (Å²) in [6, 6.07) is 8.72. The van der Waals surface area contributed by atoms with Crippen molar-refractivity contribution in [1.29, 1.82) is 5.41 Å². The van der Waals surface area contributed by atoms with Crippen molar-refractivity contribution in [3.05, 3.63) is 83.1 Å². The Morgan fingerprint density at radius 1 is 1.23 bits per heavy atom. The lowest BCUT2D eigenvalue weighted by atomic mass is 10.1. The zero-order chi connectivity index (χ0) is 22.3. The van der Waals surface area contributed by atoms with Gasteiger partial charge in [-0.2, -0.15) is 0 Å². The van der Waals surface area contributed by atoms with Crippen LogP contribution in [0.2, 0.25) is 5.02 Å². The first-order chi connectivity index (χ1) is 14.2. The van der Waals surface area contributed by atoms with Gasteiger partial charge in [-0.1, -0.05) is 48.5 Å². The highest BCUT2D eigenvalue weighted by molar-refractivity contribution is 6.37. The molecule has 0 aliphatic heterocycles. The lowest BCUT2D eigenvalue weighted by Crippen LogP contribution is -2.26. The van der Waals surface area contributed by atoms with Crippen LogP contribution in [-0.4, -0.2) is 28.3 Å². The summed E-state index contributed by atoms with van der Waals surface area (Å²) >= 11 is 5.89. The Morgan fingerprint density at radius 3 is 2.63 bits per heavy atom. The third-order valence-electron chi connectivity index (χ3n) is 4.08. The highest BCUT2D eigenvalue weighted by atomic mass is 35.5. The van der Waals surface area contributed by atoms with E-state index in [1.165, 1.54) is 6.08 Å². The fourth-order valence-corrected chi connectivity index (χ4v) is 2.76. The van der Waals surface area contributed by atoms with Crippen molar-refractivity contribution < 1.29 is 19.8 Å². The number of carbonyl (C=O) groups is 2. The number of aromatic hydroxyl groups is 1. The molecule has 2 aromatic rings. The van der Waals surface area contributed by atoms with Gasteiger partial charge in [-0.05, 0) is 29.7 Å². The summed E-state index contributed by atoms with van der Waals surface area (Å²) in [5, 5.41) is 29.8. The van der Waals surface area contributed by atoms with Crippen LogP contribution >= 0.6 is 11.6 Å². The summed E-state index contributed by atoms with van der Waals surface area (Å²) in [5.41, 5.74) is 6.58. The van der Waals surface area contributed by atoms with Crippen LogP contribution in [0.5, 0.6) is 5.75 Å². The fourth-order valence-electron chi connectivity index (χ4n) is 2.53. The number of nitrogens with one attached hydrogen (secondary N) is 2. The van der Waals surface area contributed by atoms with Crippen LogP contribution in [0.4, 0.5) is 5.69 Å². The minimum Gasteiger partial charge on any atom is -0.506 e. The summed E-state index contributed by atoms with van der Waals surface area (Å²) in [6.45, 7) is 3.37. The predicted octanol–water partition coefficient (Wildman–Crippen LogP) is 3.94. The number of nitrogens with two attached hydrogens (primary N) is 1. The number of halogens is 1. The number of fused-ring (bicyclic) bond motifs is 1. The van der Waals surface area contributed by atoms with Crippen molar-refractivity contribution in [2.75, 3.05) is 5.73 Å². The second-order valence-corrected chi connectivity index (χ2v) is 6.57. The Balaban J connectivity index is 0.000000220. The number of anilines is 1. The van der Waals surface area contributed by atoms with Gasteiger partial charge < -0.3 is 26.7 Å². The number of amides is 1. The number of hydrogen-bond acceptors (Lipinski definition) is 5. The minimum absolute atomic E-state index is 0.0283. The molecule has 30 heavy (non-hydrogen) atoms. The van der Waals surface area contributed by atoms with Gasteiger partial charge in [0.25, 0.3) is 5.91 Å². The van der Waals surface area contributed by atoms with E-state index in [4.69, 9.17) is 27.9 Å². The van der Waals surface area contributed by atoms with Crippen LogP contribution < -0.4 is 11.1 Å². The number of allylic oxidation sites excluding steroid dienone is 3. The molecular weight excluding hydrogens is 406 g/mol. The van der Waals surface area contributed by atoms with Crippen LogP contribution in [-0.2, 0) is 9.59 Å². The summed E-state index contributed by atoms with van der Waals surface area (Å²) in [7, 11) is 0. The van der Waals surface area contributed by atoms with Gasteiger partial charge in [0.15, 0.2) is 0 Å². The summed E-state index contributed by atoms with van der Waals surface area (Å²) in [4.78, 5) is 22.5. The molecule has 154 valence electrons. The van der Waals surface area contributed by atoms with Gasteiger partial charge in [0.2, 0.25) is 0 Å². The van der Waals surface area contributed by atoms with E-state index >= 15 is 0 Å². The number of carboxylic acids is 1. The Labute approximate surface area is 178 Å². The van der Waals surface area contributed by atoms with E-state index in [1.54, 1.807) is 42.5 Å². The first-order valence-electron chi connectivity index (χ1n) is 8.71. The average molecular weight is 426 g/mol. The molecule has 1 amide bonds. The maximum Gasteiger partial charge on any atom is 0.337 e. The first-order valence-corrected chi connectivity index (χ1v) is 9.09. The van der Waals surface area contributed by atoms with E-state index in [0.717, 1.165) is 17.0 Å². The van der Waals surface area contributed by atoms with Crippen LogP contribution in [0.15, 0.2) is 78.1 Å². The van der Waals surface area contributed by atoms with Crippen molar-refractivity contribution >= 4 is 46.2 Å². The van der Waals surface area contributed by atoms with E-state index in [1.807, 2.05) is 6.07 Å². The fraction of sp³-hybridized carbons (Fsp3) is 0.0455. The molecule has 0 unspecified atom stereocenters. The summed E-state index contributed by atoms with van der Waals surface area (Å²) in [5.74, 6) is -1.59. The maximum atomic E-state index is 11.5. The maximum absolute atomic E-state index is 11.5. The van der Waals surface area contributed by atoms with Crippen LogP contribution in [0, 0.1) is 5.41 Å². The van der Waals surface area contributed by atoms with E-state index in [-0.39, 0.29) is 22.6 Å². The van der Waals surface area contributed by atoms with Crippen molar-refractivity contribution in [2.24, 2.45) is 0 Å². The Hall–Kier alpha value is -3.84. The lowest BCUT2D eigenvalue weighted by molar-refractivity contribution is -0.132. The molecule has 0 saturated carbocycles. The molecule has 0 aromatic heterocycles. The van der Waals surface area contributed by atoms with Gasteiger partial charge in [-0.15, -0.1) is 0 Å². The van der Waals surface area contributed by atoms with Crippen LogP contribution in [0.3, 0.4) is 0 Å². The Morgan fingerprint density at radius 2 is 1.97 bits per heavy atom. The normalized spacial score (nSPS) is 12.6. The Kier molecular flexibility index (Phi) is 7.55. The highest BCUT2D eigenvalue weighted by Crippen LogP contribution is 2.32. The molecule has 0 atom stereocenters. The molecule has 1 aliphatic rings. The topological polar surface area (TPSA) is 136 Å². The molecule has 2 aromatic carbocycles. The number of nitrogen functional groups attached to an aromatic ring is 1. The second kappa shape index (κ2) is 10.1. The van der Waals surface area contributed by atoms with Gasteiger partial charge in [-0.3, -0.25) is 4.79 Å². The van der Waals surface area contributed by atoms with Gasteiger partial charge in [0.1, 0.15) is 5.75 Å². The molecule has 8 heteroatoms. The number of rotatable bonds is 4. The number of phenolic OH excluding ortho intramolecular Hbond substituents is 1. The first kappa shape index (κ1) is 22.4. The molecule has 0 radical (unpaired) electrons. The van der Waals surface area contributed by atoms with Crippen molar-refractivity contribution in [2.45, 2.75) is 6.42 Å². The summed E-state index contributed by atoms with van der Waals surface area (Å²) in [6.07, 6.45) is 7.57. The predicted molar refractivity (Wildman–Crippen MR) is 119 cm³/mol. The van der Waals surface area contributed by atoms with E-state index in [0.29, 0.717) is 17.1 Å². The van der Waals surface area contributed by atoms with Gasteiger partial charge >= 0.3 is 5.97 Å². The Bertz CT molecular complexity index is 1120. The molecule has 3 rings (SSSR count). The number of hydrogen-bond donors (Lipinski definition) is 5. The molecular formula is C22H20ClN3O4. The van der Waals surface area contributed by atoms with Gasteiger partial charge in [0, 0.05) is 29.4 Å². The van der Waals surface area contributed by atoms with Crippen LogP contribution in [0.1, 0.15) is 6.42 Å². The third-order valence-corrected chi connectivity index (χ3v) is 4.47. The highest BCUT2D eigenvalue weighted by Gasteiger charge is 2.15. The molecule has 6 N–H and O–H groups in total. The smallest absolute Gasteiger partial charge is 0.337 e. The summed E-state index contributed by atoms with van der Waals surface area (Å²) < 4.78 is 0. The average Bonchev–Trinajstić information content (AvgIpc) is 2.96. The second-order valence-electron chi connectivity index (χ2n) is 6.19. The van der Waals surface area contributed by atoms with E-state index in [2.05, 4.69) is 11.9 Å². The van der Waals surface area contributed by atoms with Crippen molar-refractivity contribution in [3.63, 3.8) is 0 Å². The SMILES string of the molecule is C=C(C=N)C(=O)NC1=C(C(=O)O)C=CC=CC1.Nc1ccc2c(Cl)c(O)ccc2c1. The molecule has 0 bridgehead atoms. The minimum atomic E-state index is -1.11. The van der Waals surface area contributed by atoms with Crippen molar-refractivity contribution in [1.82, 2.24) is 5.32 Å². The molecule has 1 aliphatic carbocycles. The number of phenols is 1. The van der Waals surface area contributed by atoms with Gasteiger partial charge in [0.05, 0.1) is 16.2 Å². The van der Waals surface area contributed by atoms with E-state index < -0.39 is 11.9 Å². The van der Waals surface area contributed by atoms with Crippen molar-refractivity contribution in [3.8, 4) is 5.75 Å². The van der Waals surface area contributed by atoms with Crippen LogP contribution in [0.25, 0.3) is 10.8 Å². The molecule has 0 fully saturated rings. The zero-order valence-electron chi connectivity index (χ0n) is 15.9.